The molecule has 0 bridgehead atoms. The van der Waals surface area contributed by atoms with Gasteiger partial charge in [-0.05, 0) is 48.4 Å². The molecule has 0 saturated carbocycles. The van der Waals surface area contributed by atoms with E-state index in [1.165, 1.54) is 5.56 Å². The first-order valence-electron chi connectivity index (χ1n) is 6.17. The summed E-state index contributed by atoms with van der Waals surface area (Å²) >= 11 is 0. The third-order valence-corrected chi connectivity index (χ3v) is 2.87. The monoisotopic (exact) mass is 256 g/mol. The van der Waals surface area contributed by atoms with E-state index in [-0.39, 0.29) is 0 Å². The third kappa shape index (κ3) is 4.19. The van der Waals surface area contributed by atoms with Crippen LogP contribution in [0.2, 0.25) is 0 Å². The average Bonchev–Trinajstić information content (AvgIpc) is 2.45. The van der Waals surface area contributed by atoms with Crippen molar-refractivity contribution in [3.63, 3.8) is 0 Å². The van der Waals surface area contributed by atoms with Crippen molar-refractivity contribution in [3.05, 3.63) is 65.5 Å². The van der Waals surface area contributed by atoms with E-state index in [2.05, 4.69) is 10.3 Å². The predicted octanol–water partition coefficient (Wildman–Crippen LogP) is 2.11. The molecule has 2 rings (SSSR count). The number of nitrogens with one attached hydrogen (secondary N) is 1. The number of carboxylic acid groups (broad SMARTS) is 1. The van der Waals surface area contributed by atoms with Crippen molar-refractivity contribution in [1.82, 2.24) is 10.3 Å². The Hall–Kier alpha value is -2.20. The molecule has 0 amide bonds. The molecule has 0 saturated heterocycles. The summed E-state index contributed by atoms with van der Waals surface area (Å²) in [6.45, 7) is 1.62. The number of hydrogen-bond donors (Lipinski definition) is 2. The van der Waals surface area contributed by atoms with Gasteiger partial charge < -0.3 is 10.4 Å². The van der Waals surface area contributed by atoms with E-state index in [0.717, 1.165) is 25.1 Å². The van der Waals surface area contributed by atoms with E-state index in [0.29, 0.717) is 5.56 Å². The average molecular weight is 256 g/mol. The summed E-state index contributed by atoms with van der Waals surface area (Å²) in [5.74, 6) is -0.891. The molecule has 1 heterocycles. The van der Waals surface area contributed by atoms with Crippen molar-refractivity contribution in [2.45, 2.75) is 13.0 Å². The first-order chi connectivity index (χ1) is 9.25. The first kappa shape index (κ1) is 13.2. The molecule has 4 nitrogen and oxygen atoms in total. The van der Waals surface area contributed by atoms with Crippen LogP contribution in [-0.4, -0.2) is 22.6 Å². The lowest BCUT2D eigenvalue weighted by Gasteiger charge is -2.05. The van der Waals surface area contributed by atoms with Gasteiger partial charge in [-0.2, -0.15) is 0 Å². The Bertz CT molecular complexity index is 524. The molecular formula is C15H16N2O2. The van der Waals surface area contributed by atoms with Gasteiger partial charge in [-0.25, -0.2) is 4.79 Å². The van der Waals surface area contributed by atoms with Crippen molar-refractivity contribution in [3.8, 4) is 0 Å². The Kier molecular flexibility index (Phi) is 4.64. The molecule has 0 atom stereocenters. The van der Waals surface area contributed by atoms with E-state index < -0.39 is 5.97 Å². The Morgan fingerprint density at radius 3 is 2.37 bits per heavy atom. The van der Waals surface area contributed by atoms with Crippen LogP contribution in [0.1, 0.15) is 21.5 Å². The summed E-state index contributed by atoms with van der Waals surface area (Å²) in [6.07, 6.45) is 4.54. The minimum absolute atomic E-state index is 0.320. The van der Waals surface area contributed by atoms with Crippen molar-refractivity contribution >= 4 is 5.97 Å². The number of aromatic nitrogens is 1. The van der Waals surface area contributed by atoms with Crippen molar-refractivity contribution in [1.29, 1.82) is 0 Å². The van der Waals surface area contributed by atoms with Gasteiger partial charge in [-0.3, -0.25) is 4.98 Å². The van der Waals surface area contributed by atoms with Crippen LogP contribution in [0.3, 0.4) is 0 Å². The number of carbonyl (C=O) groups is 1. The van der Waals surface area contributed by atoms with Gasteiger partial charge in [-0.15, -0.1) is 0 Å². The molecule has 19 heavy (non-hydrogen) atoms. The highest BCUT2D eigenvalue weighted by Gasteiger charge is 2.01. The van der Waals surface area contributed by atoms with E-state index in [9.17, 15) is 4.79 Å². The molecule has 0 aliphatic rings. The minimum atomic E-state index is -0.891. The van der Waals surface area contributed by atoms with Gasteiger partial charge in [0.1, 0.15) is 0 Å². The summed E-state index contributed by atoms with van der Waals surface area (Å²) in [4.78, 5) is 14.7. The maximum atomic E-state index is 10.7. The molecule has 1 aromatic heterocycles. The van der Waals surface area contributed by atoms with Crippen LogP contribution in [0.25, 0.3) is 0 Å². The van der Waals surface area contributed by atoms with Crippen LogP contribution in [0, 0.1) is 0 Å². The number of carboxylic acids is 1. The number of benzene rings is 1. The number of rotatable bonds is 6. The maximum absolute atomic E-state index is 10.7. The molecule has 0 aliphatic carbocycles. The smallest absolute Gasteiger partial charge is 0.335 e. The summed E-state index contributed by atoms with van der Waals surface area (Å²) < 4.78 is 0. The predicted molar refractivity (Wildman–Crippen MR) is 73.0 cm³/mol. The van der Waals surface area contributed by atoms with Crippen molar-refractivity contribution in [2.24, 2.45) is 0 Å². The van der Waals surface area contributed by atoms with Crippen LogP contribution in [0.5, 0.6) is 0 Å². The Labute approximate surface area is 112 Å². The molecule has 2 aromatic rings. The van der Waals surface area contributed by atoms with E-state index >= 15 is 0 Å². The first-order valence-corrected chi connectivity index (χ1v) is 6.17. The summed E-state index contributed by atoms with van der Waals surface area (Å²) in [6, 6.07) is 10.9. The van der Waals surface area contributed by atoms with Crippen molar-refractivity contribution in [2.75, 3.05) is 6.54 Å². The fraction of sp³-hybridized carbons (Fsp3) is 0.200. The van der Waals surface area contributed by atoms with E-state index in [4.69, 9.17) is 5.11 Å². The molecular weight excluding hydrogens is 240 g/mol. The molecule has 0 aliphatic heterocycles. The second-order valence-electron chi connectivity index (χ2n) is 4.28. The highest BCUT2D eigenvalue weighted by Crippen LogP contribution is 2.04. The molecule has 0 spiro atoms. The summed E-state index contributed by atoms with van der Waals surface area (Å²) in [7, 11) is 0. The Morgan fingerprint density at radius 2 is 1.74 bits per heavy atom. The Morgan fingerprint density at radius 1 is 1.05 bits per heavy atom. The Balaban J connectivity index is 1.75. The zero-order chi connectivity index (χ0) is 13.5. The number of hydrogen-bond acceptors (Lipinski definition) is 3. The van der Waals surface area contributed by atoms with Crippen LogP contribution in [0.15, 0.2) is 48.8 Å². The molecule has 0 unspecified atom stereocenters. The normalized spacial score (nSPS) is 10.3. The highest BCUT2D eigenvalue weighted by atomic mass is 16.4. The lowest BCUT2D eigenvalue weighted by atomic mass is 10.1. The van der Waals surface area contributed by atoms with Crippen molar-refractivity contribution < 1.29 is 9.90 Å². The fourth-order valence-electron chi connectivity index (χ4n) is 1.78. The van der Waals surface area contributed by atoms with Crippen LogP contribution < -0.4 is 5.32 Å². The van der Waals surface area contributed by atoms with Gasteiger partial charge in [0.15, 0.2) is 0 Å². The molecule has 2 N–H and O–H groups in total. The molecule has 98 valence electrons. The summed E-state index contributed by atoms with van der Waals surface area (Å²) in [5, 5.41) is 12.1. The van der Waals surface area contributed by atoms with E-state index in [1.54, 1.807) is 24.5 Å². The standard InChI is InChI=1S/C15H16N2O2/c18-15(19)14-3-1-13(2-4-14)11-17-10-7-12-5-8-16-9-6-12/h1-6,8-9,17H,7,10-11H2,(H,18,19). The lowest BCUT2D eigenvalue weighted by Crippen LogP contribution is -2.16. The second-order valence-corrected chi connectivity index (χ2v) is 4.28. The second kappa shape index (κ2) is 6.66. The van der Waals surface area contributed by atoms with Gasteiger partial charge in [0.2, 0.25) is 0 Å². The largest absolute Gasteiger partial charge is 0.478 e. The highest BCUT2D eigenvalue weighted by molar-refractivity contribution is 5.87. The lowest BCUT2D eigenvalue weighted by molar-refractivity contribution is 0.0697. The maximum Gasteiger partial charge on any atom is 0.335 e. The van der Waals surface area contributed by atoms with Crippen LogP contribution in [-0.2, 0) is 13.0 Å². The minimum Gasteiger partial charge on any atom is -0.478 e. The zero-order valence-corrected chi connectivity index (χ0v) is 10.5. The van der Waals surface area contributed by atoms with Gasteiger partial charge in [0.25, 0.3) is 0 Å². The number of aromatic carboxylic acids is 1. The molecule has 0 radical (unpaired) electrons. The SMILES string of the molecule is O=C(O)c1ccc(CNCCc2ccncc2)cc1. The molecule has 1 aromatic carbocycles. The van der Waals surface area contributed by atoms with Gasteiger partial charge in [-0.1, -0.05) is 12.1 Å². The fourth-order valence-corrected chi connectivity index (χ4v) is 1.78. The zero-order valence-electron chi connectivity index (χ0n) is 10.5. The molecule has 4 heteroatoms. The van der Waals surface area contributed by atoms with E-state index in [1.807, 2.05) is 24.3 Å². The third-order valence-electron chi connectivity index (χ3n) is 2.87. The van der Waals surface area contributed by atoms with Gasteiger partial charge in [0.05, 0.1) is 5.56 Å². The van der Waals surface area contributed by atoms with Crippen LogP contribution in [0.4, 0.5) is 0 Å². The topological polar surface area (TPSA) is 62.2 Å². The quantitative estimate of drug-likeness (QED) is 0.777. The number of nitrogens with zero attached hydrogens (tertiary/aromatic N) is 1. The van der Waals surface area contributed by atoms with Crippen LogP contribution >= 0.6 is 0 Å². The number of pyridine rings is 1. The molecule has 0 fully saturated rings. The summed E-state index contributed by atoms with van der Waals surface area (Å²) in [5.41, 5.74) is 2.66. The van der Waals surface area contributed by atoms with Gasteiger partial charge in [0, 0.05) is 18.9 Å². The van der Waals surface area contributed by atoms with Gasteiger partial charge >= 0.3 is 5.97 Å².